The molecule has 0 fully saturated rings. The minimum Gasteiger partial charge on any atom is -0.480 e. The summed E-state index contributed by atoms with van der Waals surface area (Å²) in [6.45, 7) is 10.4. The topological polar surface area (TPSA) is 42.4 Å². The van der Waals surface area contributed by atoms with E-state index in [-0.39, 0.29) is 24.0 Å². The Kier molecular flexibility index (Phi) is 3.05. The molecule has 0 aliphatic carbocycles. The van der Waals surface area contributed by atoms with E-state index in [1.165, 1.54) is 0 Å². The molecule has 1 aromatic heterocycles. The van der Waals surface area contributed by atoms with Crippen molar-refractivity contribution >= 4 is 11.7 Å². The van der Waals surface area contributed by atoms with E-state index in [4.69, 9.17) is 4.74 Å². The zero-order valence-electron chi connectivity index (χ0n) is 11.7. The van der Waals surface area contributed by atoms with Gasteiger partial charge in [0.2, 0.25) is 0 Å². The van der Waals surface area contributed by atoms with Crippen LogP contribution in [-0.2, 0) is 10.2 Å². The number of hydrogen-bond acceptors (Lipinski definition) is 3. The minimum atomic E-state index is -0.0435. The standard InChI is InChI=1S/C14H20N2O2/c1-9(2)16-12(17)8-18-10-6-7-11(14(3,4)5)15-13(10)16/h6-7,9H,8H2,1-5H3. The predicted octanol–water partition coefficient (Wildman–Crippen LogP) is 2.51. The number of nitrogens with zero attached hydrogens (tertiary/aromatic N) is 2. The van der Waals surface area contributed by atoms with Gasteiger partial charge in [-0.25, -0.2) is 4.98 Å². The monoisotopic (exact) mass is 248 g/mol. The van der Waals surface area contributed by atoms with Gasteiger partial charge in [-0.2, -0.15) is 0 Å². The van der Waals surface area contributed by atoms with Gasteiger partial charge in [-0.15, -0.1) is 0 Å². The quantitative estimate of drug-likeness (QED) is 0.767. The van der Waals surface area contributed by atoms with Crippen LogP contribution in [0.5, 0.6) is 5.75 Å². The molecule has 4 heteroatoms. The van der Waals surface area contributed by atoms with Gasteiger partial charge in [0, 0.05) is 17.2 Å². The van der Waals surface area contributed by atoms with E-state index >= 15 is 0 Å². The molecule has 0 atom stereocenters. The van der Waals surface area contributed by atoms with Crippen molar-refractivity contribution in [2.75, 3.05) is 11.5 Å². The Morgan fingerprint density at radius 3 is 2.56 bits per heavy atom. The van der Waals surface area contributed by atoms with Crippen LogP contribution in [0.1, 0.15) is 40.3 Å². The summed E-state index contributed by atoms with van der Waals surface area (Å²) in [4.78, 5) is 18.3. The summed E-state index contributed by atoms with van der Waals surface area (Å²) in [6.07, 6.45) is 0. The van der Waals surface area contributed by atoms with E-state index in [2.05, 4.69) is 25.8 Å². The number of fused-ring (bicyclic) bond motifs is 1. The van der Waals surface area contributed by atoms with Gasteiger partial charge in [-0.3, -0.25) is 9.69 Å². The number of ether oxygens (including phenoxy) is 1. The summed E-state index contributed by atoms with van der Waals surface area (Å²) >= 11 is 0. The molecule has 0 N–H and O–H groups in total. The number of carbonyl (C=O) groups is 1. The second-order valence-electron chi connectivity index (χ2n) is 5.91. The van der Waals surface area contributed by atoms with Crippen LogP contribution < -0.4 is 9.64 Å². The van der Waals surface area contributed by atoms with Crippen molar-refractivity contribution in [2.24, 2.45) is 0 Å². The highest BCUT2D eigenvalue weighted by atomic mass is 16.5. The second kappa shape index (κ2) is 4.26. The third-order valence-corrected chi connectivity index (χ3v) is 2.97. The Balaban J connectivity index is 2.52. The van der Waals surface area contributed by atoms with Crippen molar-refractivity contribution < 1.29 is 9.53 Å². The lowest BCUT2D eigenvalue weighted by atomic mass is 9.91. The van der Waals surface area contributed by atoms with Gasteiger partial charge in [0.15, 0.2) is 18.2 Å². The van der Waals surface area contributed by atoms with Crippen molar-refractivity contribution in [1.29, 1.82) is 0 Å². The zero-order chi connectivity index (χ0) is 13.5. The van der Waals surface area contributed by atoms with E-state index in [1.54, 1.807) is 4.90 Å². The number of carbonyl (C=O) groups excluding carboxylic acids is 1. The van der Waals surface area contributed by atoms with Crippen molar-refractivity contribution in [1.82, 2.24) is 4.98 Å². The second-order valence-corrected chi connectivity index (χ2v) is 5.91. The molecule has 1 amide bonds. The van der Waals surface area contributed by atoms with Crippen molar-refractivity contribution in [2.45, 2.75) is 46.1 Å². The number of anilines is 1. The first-order valence-electron chi connectivity index (χ1n) is 6.27. The molecule has 0 unspecified atom stereocenters. The predicted molar refractivity (Wildman–Crippen MR) is 71.1 cm³/mol. The first-order valence-corrected chi connectivity index (χ1v) is 6.27. The van der Waals surface area contributed by atoms with Gasteiger partial charge in [-0.05, 0) is 26.0 Å². The molecule has 2 rings (SSSR count). The van der Waals surface area contributed by atoms with Gasteiger partial charge in [0.25, 0.3) is 5.91 Å². The first kappa shape index (κ1) is 12.9. The molecule has 0 saturated carbocycles. The van der Waals surface area contributed by atoms with Crippen LogP contribution in [0, 0.1) is 0 Å². The van der Waals surface area contributed by atoms with Gasteiger partial charge < -0.3 is 4.74 Å². The number of aromatic nitrogens is 1. The summed E-state index contributed by atoms with van der Waals surface area (Å²) in [6, 6.07) is 3.96. The third-order valence-electron chi connectivity index (χ3n) is 2.97. The summed E-state index contributed by atoms with van der Waals surface area (Å²) in [5.41, 5.74) is 0.920. The summed E-state index contributed by atoms with van der Waals surface area (Å²) in [5.74, 6) is 1.31. The van der Waals surface area contributed by atoms with E-state index in [0.717, 1.165) is 5.69 Å². The maximum absolute atomic E-state index is 11.9. The zero-order valence-corrected chi connectivity index (χ0v) is 11.7. The Bertz CT molecular complexity index is 475. The number of hydrogen-bond donors (Lipinski definition) is 0. The largest absolute Gasteiger partial charge is 0.480 e. The highest BCUT2D eigenvalue weighted by Gasteiger charge is 2.30. The number of amides is 1. The molecule has 4 nitrogen and oxygen atoms in total. The lowest BCUT2D eigenvalue weighted by Gasteiger charge is -2.32. The fourth-order valence-corrected chi connectivity index (χ4v) is 2.00. The lowest BCUT2D eigenvalue weighted by molar-refractivity contribution is -0.121. The number of pyridine rings is 1. The molecule has 0 bridgehead atoms. The number of rotatable bonds is 1. The van der Waals surface area contributed by atoms with Crippen LogP contribution >= 0.6 is 0 Å². The molecule has 2 heterocycles. The minimum absolute atomic E-state index is 0.0314. The average Bonchev–Trinajstić information content (AvgIpc) is 2.26. The summed E-state index contributed by atoms with van der Waals surface area (Å²) in [5, 5.41) is 0. The van der Waals surface area contributed by atoms with Gasteiger partial charge >= 0.3 is 0 Å². The van der Waals surface area contributed by atoms with Crippen molar-refractivity contribution in [3.63, 3.8) is 0 Å². The van der Waals surface area contributed by atoms with Crippen LogP contribution in [0.15, 0.2) is 12.1 Å². The maximum Gasteiger partial charge on any atom is 0.266 e. The molecule has 0 spiro atoms. The molecule has 0 aromatic carbocycles. The molecule has 1 aromatic rings. The van der Waals surface area contributed by atoms with E-state index in [9.17, 15) is 4.79 Å². The third kappa shape index (κ3) is 2.19. The fraction of sp³-hybridized carbons (Fsp3) is 0.571. The highest BCUT2D eigenvalue weighted by molar-refractivity contribution is 5.97. The Morgan fingerprint density at radius 2 is 2.00 bits per heavy atom. The van der Waals surface area contributed by atoms with Crippen molar-refractivity contribution in [3.05, 3.63) is 17.8 Å². The molecular weight excluding hydrogens is 228 g/mol. The maximum atomic E-state index is 11.9. The van der Waals surface area contributed by atoms with Crippen LogP contribution in [0.2, 0.25) is 0 Å². The summed E-state index contributed by atoms with van der Waals surface area (Å²) < 4.78 is 5.43. The fourth-order valence-electron chi connectivity index (χ4n) is 2.00. The molecule has 0 saturated heterocycles. The Morgan fingerprint density at radius 1 is 1.33 bits per heavy atom. The van der Waals surface area contributed by atoms with Gasteiger partial charge in [0.05, 0.1) is 0 Å². The van der Waals surface area contributed by atoms with Crippen LogP contribution in [0.4, 0.5) is 5.82 Å². The summed E-state index contributed by atoms with van der Waals surface area (Å²) in [7, 11) is 0. The van der Waals surface area contributed by atoms with E-state index in [0.29, 0.717) is 11.6 Å². The molecule has 0 radical (unpaired) electrons. The molecule has 1 aliphatic heterocycles. The highest BCUT2D eigenvalue weighted by Crippen LogP contribution is 2.34. The van der Waals surface area contributed by atoms with Crippen LogP contribution in [0.3, 0.4) is 0 Å². The van der Waals surface area contributed by atoms with E-state index < -0.39 is 0 Å². The Labute approximate surface area is 108 Å². The molecule has 98 valence electrons. The first-order chi connectivity index (χ1) is 8.30. The lowest BCUT2D eigenvalue weighted by Crippen LogP contribution is -2.44. The molecule has 18 heavy (non-hydrogen) atoms. The smallest absolute Gasteiger partial charge is 0.266 e. The SMILES string of the molecule is CC(C)N1C(=O)COc2ccc(C(C)(C)C)nc21. The molecule has 1 aliphatic rings. The average molecular weight is 248 g/mol. The normalized spacial score (nSPS) is 15.7. The molecular formula is C14H20N2O2. The van der Waals surface area contributed by atoms with Crippen LogP contribution in [-0.4, -0.2) is 23.5 Å². The van der Waals surface area contributed by atoms with E-state index in [1.807, 2.05) is 26.0 Å². The van der Waals surface area contributed by atoms with Gasteiger partial charge in [-0.1, -0.05) is 20.8 Å². The van der Waals surface area contributed by atoms with Crippen molar-refractivity contribution in [3.8, 4) is 5.75 Å². The van der Waals surface area contributed by atoms with Gasteiger partial charge in [0.1, 0.15) is 0 Å². The Hall–Kier alpha value is -1.58. The van der Waals surface area contributed by atoms with Crippen LogP contribution in [0.25, 0.3) is 0 Å².